The van der Waals surface area contributed by atoms with Crippen LogP contribution in [0.5, 0.6) is 0 Å². The SMILES string of the molecule is Cc1cc(Br)cnc1NC(=O)c1cccc(C)c1Cl. The summed E-state index contributed by atoms with van der Waals surface area (Å²) in [6.07, 6.45) is 1.64. The molecule has 1 aromatic carbocycles. The van der Waals surface area contributed by atoms with Crippen molar-refractivity contribution in [2.75, 3.05) is 5.32 Å². The van der Waals surface area contributed by atoms with Crippen LogP contribution in [0.3, 0.4) is 0 Å². The maximum absolute atomic E-state index is 12.2. The first kappa shape index (κ1) is 14.0. The Morgan fingerprint density at radius 1 is 1.32 bits per heavy atom. The predicted molar refractivity (Wildman–Crippen MR) is 80.8 cm³/mol. The fourth-order valence-corrected chi connectivity index (χ4v) is 2.33. The van der Waals surface area contributed by atoms with Gasteiger partial charge >= 0.3 is 0 Å². The van der Waals surface area contributed by atoms with E-state index in [4.69, 9.17) is 11.6 Å². The molecule has 98 valence electrons. The molecular weight excluding hydrogens is 328 g/mol. The van der Waals surface area contributed by atoms with Gasteiger partial charge in [-0.25, -0.2) is 4.98 Å². The van der Waals surface area contributed by atoms with Gasteiger partial charge in [-0.1, -0.05) is 23.7 Å². The van der Waals surface area contributed by atoms with E-state index in [9.17, 15) is 4.79 Å². The number of halogens is 2. The number of aryl methyl sites for hydroxylation is 2. The molecule has 0 bridgehead atoms. The van der Waals surface area contributed by atoms with E-state index in [-0.39, 0.29) is 5.91 Å². The van der Waals surface area contributed by atoms with Crippen LogP contribution >= 0.6 is 27.5 Å². The van der Waals surface area contributed by atoms with Gasteiger partial charge < -0.3 is 5.32 Å². The second-order valence-electron chi connectivity index (χ2n) is 4.21. The summed E-state index contributed by atoms with van der Waals surface area (Å²) in [5, 5.41) is 3.23. The number of amides is 1. The number of nitrogens with one attached hydrogen (secondary N) is 1. The van der Waals surface area contributed by atoms with Gasteiger partial charge in [-0.2, -0.15) is 0 Å². The molecule has 0 saturated carbocycles. The Balaban J connectivity index is 2.28. The summed E-state index contributed by atoms with van der Waals surface area (Å²) < 4.78 is 0.872. The normalized spacial score (nSPS) is 10.3. The number of hydrogen-bond acceptors (Lipinski definition) is 2. The Morgan fingerprint density at radius 2 is 2.05 bits per heavy atom. The lowest BCUT2D eigenvalue weighted by atomic mass is 10.1. The minimum Gasteiger partial charge on any atom is -0.306 e. The molecule has 5 heteroatoms. The van der Waals surface area contributed by atoms with Crippen molar-refractivity contribution in [2.24, 2.45) is 0 Å². The molecule has 2 aromatic rings. The molecule has 1 heterocycles. The summed E-state index contributed by atoms with van der Waals surface area (Å²) in [4.78, 5) is 16.4. The zero-order chi connectivity index (χ0) is 14.0. The molecule has 1 N–H and O–H groups in total. The minimum absolute atomic E-state index is 0.258. The second-order valence-corrected chi connectivity index (χ2v) is 5.50. The van der Waals surface area contributed by atoms with Gasteiger partial charge in [0.1, 0.15) is 5.82 Å². The van der Waals surface area contributed by atoms with E-state index in [1.54, 1.807) is 18.3 Å². The smallest absolute Gasteiger partial charge is 0.258 e. The molecule has 0 aliphatic heterocycles. The van der Waals surface area contributed by atoms with Crippen LogP contribution in [-0.2, 0) is 0 Å². The van der Waals surface area contributed by atoms with Crippen molar-refractivity contribution in [1.82, 2.24) is 4.98 Å². The number of carbonyl (C=O) groups excluding carboxylic acids is 1. The third kappa shape index (κ3) is 3.14. The van der Waals surface area contributed by atoms with Gasteiger partial charge in [0.25, 0.3) is 5.91 Å². The molecule has 19 heavy (non-hydrogen) atoms. The highest BCUT2D eigenvalue weighted by Gasteiger charge is 2.13. The third-order valence-electron chi connectivity index (χ3n) is 2.71. The van der Waals surface area contributed by atoms with E-state index >= 15 is 0 Å². The Labute approximate surface area is 125 Å². The molecule has 0 fully saturated rings. The molecule has 0 spiro atoms. The van der Waals surface area contributed by atoms with Crippen LogP contribution in [0.1, 0.15) is 21.5 Å². The maximum atomic E-state index is 12.2. The first-order valence-corrected chi connectivity index (χ1v) is 6.84. The number of pyridine rings is 1. The van der Waals surface area contributed by atoms with Gasteiger partial charge in [-0.15, -0.1) is 0 Å². The van der Waals surface area contributed by atoms with Crippen molar-refractivity contribution in [3.63, 3.8) is 0 Å². The molecule has 1 amide bonds. The number of nitrogens with zero attached hydrogens (tertiary/aromatic N) is 1. The zero-order valence-corrected chi connectivity index (χ0v) is 12.8. The zero-order valence-electron chi connectivity index (χ0n) is 10.5. The van der Waals surface area contributed by atoms with Crippen LogP contribution < -0.4 is 5.32 Å². The fraction of sp³-hybridized carbons (Fsp3) is 0.143. The standard InChI is InChI=1S/C14H12BrClN2O/c1-8-4-3-5-11(12(8)16)14(19)18-13-9(2)6-10(15)7-17-13/h3-7H,1-2H3,(H,17,18,19). The Bertz CT molecular complexity index is 643. The topological polar surface area (TPSA) is 42.0 Å². The molecule has 0 unspecified atom stereocenters. The van der Waals surface area contributed by atoms with Crippen LogP contribution in [0.15, 0.2) is 34.9 Å². The van der Waals surface area contributed by atoms with E-state index in [0.717, 1.165) is 15.6 Å². The lowest BCUT2D eigenvalue weighted by Crippen LogP contribution is -2.14. The third-order valence-corrected chi connectivity index (χ3v) is 3.65. The van der Waals surface area contributed by atoms with E-state index in [1.807, 2.05) is 26.0 Å². The molecule has 3 nitrogen and oxygen atoms in total. The highest BCUT2D eigenvalue weighted by atomic mass is 79.9. The van der Waals surface area contributed by atoms with E-state index in [2.05, 4.69) is 26.2 Å². The number of benzene rings is 1. The summed E-state index contributed by atoms with van der Waals surface area (Å²) in [6.45, 7) is 3.74. The number of rotatable bonds is 2. The van der Waals surface area contributed by atoms with Gasteiger partial charge in [-0.3, -0.25) is 4.79 Å². The van der Waals surface area contributed by atoms with Crippen molar-refractivity contribution >= 4 is 39.3 Å². The van der Waals surface area contributed by atoms with Crippen molar-refractivity contribution in [3.8, 4) is 0 Å². The number of hydrogen-bond donors (Lipinski definition) is 1. The Hall–Kier alpha value is -1.39. The summed E-state index contributed by atoms with van der Waals surface area (Å²) >= 11 is 9.46. The Morgan fingerprint density at radius 3 is 2.74 bits per heavy atom. The largest absolute Gasteiger partial charge is 0.306 e. The van der Waals surface area contributed by atoms with Gasteiger partial charge in [0.05, 0.1) is 10.6 Å². The van der Waals surface area contributed by atoms with Crippen LogP contribution in [0.4, 0.5) is 5.82 Å². The van der Waals surface area contributed by atoms with Gasteiger partial charge in [-0.05, 0) is 53.0 Å². The van der Waals surface area contributed by atoms with Crippen LogP contribution in [-0.4, -0.2) is 10.9 Å². The fourth-order valence-electron chi connectivity index (χ4n) is 1.67. The average Bonchev–Trinajstić information content (AvgIpc) is 2.36. The highest BCUT2D eigenvalue weighted by Crippen LogP contribution is 2.22. The highest BCUT2D eigenvalue weighted by molar-refractivity contribution is 9.10. The molecular formula is C14H12BrClN2O. The molecule has 2 rings (SSSR count). The molecule has 0 saturated heterocycles. The van der Waals surface area contributed by atoms with Crippen molar-refractivity contribution in [1.29, 1.82) is 0 Å². The average molecular weight is 340 g/mol. The molecule has 1 aromatic heterocycles. The van der Waals surface area contributed by atoms with Crippen molar-refractivity contribution < 1.29 is 4.79 Å². The van der Waals surface area contributed by atoms with Crippen molar-refractivity contribution in [2.45, 2.75) is 13.8 Å². The monoisotopic (exact) mass is 338 g/mol. The quantitative estimate of drug-likeness (QED) is 0.883. The first-order valence-electron chi connectivity index (χ1n) is 5.67. The molecule has 0 radical (unpaired) electrons. The number of anilines is 1. The summed E-state index contributed by atoms with van der Waals surface area (Å²) in [7, 11) is 0. The van der Waals surface area contributed by atoms with E-state index < -0.39 is 0 Å². The second kappa shape index (κ2) is 5.72. The van der Waals surface area contributed by atoms with Crippen molar-refractivity contribution in [3.05, 3.63) is 56.6 Å². The van der Waals surface area contributed by atoms with E-state index in [1.165, 1.54) is 0 Å². The van der Waals surface area contributed by atoms with Crippen LogP contribution in [0.25, 0.3) is 0 Å². The molecule has 0 aliphatic carbocycles. The minimum atomic E-state index is -0.258. The van der Waals surface area contributed by atoms with E-state index in [0.29, 0.717) is 16.4 Å². The number of aromatic nitrogens is 1. The summed E-state index contributed by atoms with van der Waals surface area (Å²) in [5.41, 5.74) is 2.20. The van der Waals surface area contributed by atoms with Crippen LogP contribution in [0, 0.1) is 13.8 Å². The molecule has 0 atom stereocenters. The number of carbonyl (C=O) groups is 1. The van der Waals surface area contributed by atoms with Gasteiger partial charge in [0, 0.05) is 10.7 Å². The first-order chi connectivity index (χ1) is 8.99. The van der Waals surface area contributed by atoms with Crippen LogP contribution in [0.2, 0.25) is 5.02 Å². The maximum Gasteiger partial charge on any atom is 0.258 e. The molecule has 0 aliphatic rings. The van der Waals surface area contributed by atoms with Gasteiger partial charge in [0.2, 0.25) is 0 Å². The van der Waals surface area contributed by atoms with Gasteiger partial charge in [0.15, 0.2) is 0 Å². The summed E-state index contributed by atoms with van der Waals surface area (Å²) in [5.74, 6) is 0.275. The Kier molecular flexibility index (Phi) is 4.22. The lowest BCUT2D eigenvalue weighted by molar-refractivity contribution is 0.102. The lowest BCUT2D eigenvalue weighted by Gasteiger charge is -2.09. The predicted octanol–water partition coefficient (Wildman–Crippen LogP) is 4.37. The summed E-state index contributed by atoms with van der Waals surface area (Å²) in [6, 6.07) is 7.25.